The molecule has 0 spiro atoms. The molecule has 1 aliphatic heterocycles. The number of benzene rings is 1. The molecule has 0 saturated carbocycles. The van der Waals surface area contributed by atoms with Gasteiger partial charge in [0, 0.05) is 6.07 Å². The Kier molecular flexibility index (Phi) is 10.4. The number of aromatic nitrogens is 3. The third kappa shape index (κ3) is 7.93. The summed E-state index contributed by atoms with van der Waals surface area (Å²) >= 11 is 0. The summed E-state index contributed by atoms with van der Waals surface area (Å²) in [6.07, 6.45) is -13.1. The van der Waals surface area contributed by atoms with Crippen LogP contribution in [-0.4, -0.2) is 58.4 Å². The molecule has 18 heteroatoms. The summed E-state index contributed by atoms with van der Waals surface area (Å²) < 4.78 is 112. The number of alkyl halides is 6. The molecule has 0 aliphatic carbocycles. The fourth-order valence-electron chi connectivity index (χ4n) is 4.51. The summed E-state index contributed by atoms with van der Waals surface area (Å²) in [5.74, 6) is -3.31. The lowest BCUT2D eigenvalue weighted by atomic mass is 9.94. The van der Waals surface area contributed by atoms with Gasteiger partial charge in [-0.3, -0.25) is 14.9 Å². The Balaban J connectivity index is 1.80. The fourth-order valence-corrected chi connectivity index (χ4v) is 4.51. The molecule has 3 heterocycles. The monoisotopic (exact) mass is 648 g/mol. The zero-order valence-corrected chi connectivity index (χ0v) is 23.5. The van der Waals surface area contributed by atoms with Gasteiger partial charge >= 0.3 is 24.0 Å². The van der Waals surface area contributed by atoms with Crippen LogP contribution in [0.25, 0.3) is 11.6 Å². The normalized spacial score (nSPS) is 15.6. The SMILES string of the molecule is CCOC(=O)Cc1nc(-c2nnc(C(CCCC3OCCO3)(OCc3ccccc3)C(F)(F)F)o2)c([N+](=O)[O-])cc1C(F)(F)F. The van der Waals surface area contributed by atoms with E-state index in [0.29, 0.717) is 5.56 Å². The van der Waals surface area contributed by atoms with Gasteiger partial charge in [-0.25, -0.2) is 4.98 Å². The van der Waals surface area contributed by atoms with Crippen LogP contribution in [0.1, 0.15) is 48.9 Å². The van der Waals surface area contributed by atoms with Crippen molar-refractivity contribution in [3.8, 4) is 11.6 Å². The van der Waals surface area contributed by atoms with Gasteiger partial charge in [-0.1, -0.05) is 30.3 Å². The molecule has 1 unspecified atom stereocenters. The summed E-state index contributed by atoms with van der Waals surface area (Å²) in [7, 11) is 0. The second kappa shape index (κ2) is 13.9. The van der Waals surface area contributed by atoms with Gasteiger partial charge in [-0.2, -0.15) is 26.3 Å². The third-order valence-electron chi connectivity index (χ3n) is 6.62. The number of ether oxygens (including phenoxy) is 4. The highest BCUT2D eigenvalue weighted by Gasteiger charge is 2.61. The first-order valence-electron chi connectivity index (χ1n) is 13.5. The predicted molar refractivity (Wildman–Crippen MR) is 138 cm³/mol. The molecule has 45 heavy (non-hydrogen) atoms. The molecule has 4 rings (SSSR count). The number of nitro groups is 1. The van der Waals surface area contributed by atoms with Gasteiger partial charge in [-0.05, 0) is 31.7 Å². The van der Waals surface area contributed by atoms with E-state index >= 15 is 0 Å². The second-order valence-electron chi connectivity index (χ2n) is 9.66. The van der Waals surface area contributed by atoms with Crippen molar-refractivity contribution >= 4 is 11.7 Å². The zero-order chi connectivity index (χ0) is 32.8. The summed E-state index contributed by atoms with van der Waals surface area (Å²) in [4.78, 5) is 26.2. The predicted octanol–water partition coefficient (Wildman–Crippen LogP) is 5.68. The Morgan fingerprint density at radius 2 is 1.78 bits per heavy atom. The number of esters is 1. The molecule has 0 bridgehead atoms. The molecule has 0 N–H and O–H groups in total. The number of hydrogen-bond donors (Lipinski definition) is 0. The number of halogens is 6. The van der Waals surface area contributed by atoms with Crippen LogP contribution < -0.4 is 0 Å². The maximum absolute atomic E-state index is 14.9. The minimum atomic E-state index is -5.20. The van der Waals surface area contributed by atoms with Crippen LogP contribution in [0.4, 0.5) is 32.0 Å². The Labute approximate surface area is 250 Å². The molecule has 1 fully saturated rings. The second-order valence-corrected chi connectivity index (χ2v) is 9.66. The first kappa shape index (κ1) is 33.7. The van der Waals surface area contributed by atoms with Crippen LogP contribution in [0.5, 0.6) is 0 Å². The highest BCUT2D eigenvalue weighted by molar-refractivity contribution is 5.74. The van der Waals surface area contributed by atoms with E-state index in [9.17, 15) is 41.3 Å². The van der Waals surface area contributed by atoms with Gasteiger partial charge in [0.15, 0.2) is 6.29 Å². The largest absolute Gasteiger partial charge is 0.466 e. The number of pyridine rings is 1. The van der Waals surface area contributed by atoms with E-state index in [2.05, 4.69) is 19.9 Å². The van der Waals surface area contributed by atoms with Gasteiger partial charge in [0.05, 0.1) is 49.0 Å². The van der Waals surface area contributed by atoms with Gasteiger partial charge in [-0.15, -0.1) is 10.2 Å². The minimum Gasteiger partial charge on any atom is -0.466 e. The van der Waals surface area contributed by atoms with Crippen LogP contribution in [0, 0.1) is 10.1 Å². The van der Waals surface area contributed by atoms with E-state index in [1.165, 1.54) is 19.1 Å². The Morgan fingerprint density at radius 1 is 1.09 bits per heavy atom. The van der Waals surface area contributed by atoms with Gasteiger partial charge in [0.1, 0.15) is 0 Å². The van der Waals surface area contributed by atoms with Crippen LogP contribution in [0.2, 0.25) is 0 Å². The van der Waals surface area contributed by atoms with Crippen molar-refractivity contribution < 1.29 is 59.4 Å². The highest BCUT2D eigenvalue weighted by atomic mass is 19.4. The molecule has 1 aliphatic rings. The van der Waals surface area contributed by atoms with Crippen LogP contribution in [-0.2, 0) is 48.5 Å². The summed E-state index contributed by atoms with van der Waals surface area (Å²) in [5.41, 5.74) is -7.82. The summed E-state index contributed by atoms with van der Waals surface area (Å²) in [5, 5.41) is 18.8. The van der Waals surface area contributed by atoms with E-state index in [0.717, 1.165) is 0 Å². The van der Waals surface area contributed by atoms with Crippen LogP contribution in [0.15, 0.2) is 40.8 Å². The molecule has 1 aromatic carbocycles. The molecule has 244 valence electrons. The average Bonchev–Trinajstić information content (AvgIpc) is 3.67. The minimum absolute atomic E-state index is 0.0384. The molecule has 1 atom stereocenters. The molecule has 0 radical (unpaired) electrons. The number of hydrogen-bond acceptors (Lipinski definition) is 11. The van der Waals surface area contributed by atoms with Gasteiger partial charge in [0.25, 0.3) is 11.8 Å². The van der Waals surface area contributed by atoms with Crippen LogP contribution in [0.3, 0.4) is 0 Å². The van der Waals surface area contributed by atoms with Crippen molar-refractivity contribution in [2.24, 2.45) is 0 Å². The standard InChI is InChI=1S/C27H26F6N4O8/c1-2-41-20(38)14-18-17(26(28,29)30)13-19(37(39)40)22(34-18)23-35-36-24(45-23)25(27(31,32)33,10-6-9-21-42-11-12-43-21)44-15-16-7-4-3-5-8-16/h3-5,7-8,13,21H,2,6,9-12,14-15H2,1H3. The van der Waals surface area contributed by atoms with Crippen molar-refractivity contribution in [3.05, 3.63) is 69.2 Å². The Hall–Kier alpha value is -4.16. The number of carbonyl (C=O) groups is 1. The van der Waals surface area contributed by atoms with Crippen molar-refractivity contribution in [2.45, 2.75) is 63.5 Å². The number of nitrogens with zero attached hydrogens (tertiary/aromatic N) is 4. The lowest BCUT2D eigenvalue weighted by molar-refractivity contribution is -0.384. The lowest BCUT2D eigenvalue weighted by Crippen LogP contribution is -2.45. The number of carbonyl (C=O) groups excluding carboxylic acids is 1. The van der Waals surface area contributed by atoms with Crippen molar-refractivity contribution in [1.82, 2.24) is 15.2 Å². The molecule has 3 aromatic rings. The van der Waals surface area contributed by atoms with Crippen molar-refractivity contribution in [3.63, 3.8) is 0 Å². The quantitative estimate of drug-likeness (QED) is 0.0975. The summed E-state index contributed by atoms with van der Waals surface area (Å²) in [6, 6.07) is 7.92. The summed E-state index contributed by atoms with van der Waals surface area (Å²) in [6.45, 7) is 1.18. The molecule has 2 aromatic heterocycles. The Morgan fingerprint density at radius 3 is 2.38 bits per heavy atom. The zero-order valence-electron chi connectivity index (χ0n) is 23.5. The van der Waals surface area contributed by atoms with E-state index in [1.54, 1.807) is 18.2 Å². The maximum Gasteiger partial charge on any atom is 0.426 e. The van der Waals surface area contributed by atoms with E-state index in [1.807, 2.05) is 0 Å². The van der Waals surface area contributed by atoms with E-state index in [4.69, 9.17) is 18.6 Å². The Bertz CT molecular complexity index is 1480. The molecule has 0 amide bonds. The topological polar surface area (TPSA) is 149 Å². The van der Waals surface area contributed by atoms with E-state index in [-0.39, 0.29) is 38.7 Å². The fraction of sp³-hybridized carbons (Fsp3) is 0.481. The van der Waals surface area contributed by atoms with Crippen LogP contribution >= 0.6 is 0 Å². The maximum atomic E-state index is 14.9. The van der Waals surface area contributed by atoms with Crippen molar-refractivity contribution in [1.29, 1.82) is 0 Å². The first-order chi connectivity index (χ1) is 21.2. The third-order valence-corrected chi connectivity index (χ3v) is 6.62. The molecular weight excluding hydrogens is 622 g/mol. The highest BCUT2D eigenvalue weighted by Crippen LogP contribution is 2.47. The van der Waals surface area contributed by atoms with Gasteiger partial charge < -0.3 is 23.4 Å². The smallest absolute Gasteiger partial charge is 0.426 e. The first-order valence-corrected chi connectivity index (χ1v) is 13.5. The number of rotatable bonds is 13. The molecule has 12 nitrogen and oxygen atoms in total. The molecule has 1 saturated heterocycles. The molecular formula is C27H26F6N4O8. The lowest BCUT2D eigenvalue weighted by Gasteiger charge is -2.33. The van der Waals surface area contributed by atoms with Gasteiger partial charge in [0.2, 0.25) is 11.3 Å². The van der Waals surface area contributed by atoms with E-state index < -0.39 is 89.0 Å². The van der Waals surface area contributed by atoms with Crippen molar-refractivity contribution in [2.75, 3.05) is 19.8 Å². The average molecular weight is 649 g/mol.